The van der Waals surface area contributed by atoms with Gasteiger partial charge in [0.1, 0.15) is 11.5 Å². The molecule has 1 heterocycles. The van der Waals surface area contributed by atoms with Crippen molar-refractivity contribution in [2.24, 2.45) is 5.41 Å². The van der Waals surface area contributed by atoms with Crippen LogP contribution in [0.25, 0.3) is 0 Å². The fraction of sp³-hybridized carbons (Fsp3) is 0.800. The number of nitrogens with zero attached hydrogens (tertiary/aromatic N) is 2. The van der Waals surface area contributed by atoms with E-state index in [1.807, 2.05) is 13.8 Å². The summed E-state index contributed by atoms with van der Waals surface area (Å²) in [6.45, 7) is 4.87. The highest BCUT2D eigenvalue weighted by molar-refractivity contribution is 5.91. The molecule has 1 fully saturated rings. The number of amides is 2. The van der Waals surface area contributed by atoms with Gasteiger partial charge in [0.25, 0.3) is 0 Å². The summed E-state index contributed by atoms with van der Waals surface area (Å²) in [6.07, 6.45) is 2.56. The van der Waals surface area contributed by atoms with Crippen LogP contribution in [0.3, 0.4) is 0 Å². The normalized spacial score (nSPS) is 19.0. The Bertz CT molecular complexity index is 411. The van der Waals surface area contributed by atoms with Crippen LogP contribution < -0.4 is 5.32 Å². The number of carbonyl (C=O) groups excluding carboxylic acids is 2. The molecular weight excluding hydrogens is 270 g/mol. The lowest BCUT2D eigenvalue weighted by atomic mass is 9.79. The average molecular weight is 295 g/mol. The van der Waals surface area contributed by atoms with E-state index in [9.17, 15) is 14.9 Å². The van der Waals surface area contributed by atoms with Gasteiger partial charge in [-0.2, -0.15) is 5.26 Å². The van der Waals surface area contributed by atoms with Gasteiger partial charge in [-0.25, -0.2) is 0 Å². The summed E-state index contributed by atoms with van der Waals surface area (Å²) in [5.74, 6) is -0.478. The number of morpholine rings is 1. The number of nitrogens with one attached hydrogen (secondary N) is 1. The fourth-order valence-corrected chi connectivity index (χ4v) is 2.86. The lowest BCUT2D eigenvalue weighted by Crippen LogP contribution is -2.58. The van der Waals surface area contributed by atoms with E-state index >= 15 is 0 Å². The molecule has 0 radical (unpaired) electrons. The minimum atomic E-state index is -1.02. The van der Waals surface area contributed by atoms with Gasteiger partial charge in [0.2, 0.25) is 11.8 Å². The summed E-state index contributed by atoms with van der Waals surface area (Å²) in [6, 6.07) is 1.59. The first kappa shape index (κ1) is 17.4. The van der Waals surface area contributed by atoms with Gasteiger partial charge in [-0.1, -0.05) is 26.7 Å². The van der Waals surface area contributed by atoms with Crippen LogP contribution in [0.5, 0.6) is 0 Å². The molecule has 1 saturated heterocycles. The van der Waals surface area contributed by atoms with Gasteiger partial charge in [-0.05, 0) is 12.8 Å². The van der Waals surface area contributed by atoms with Crippen molar-refractivity contribution in [3.63, 3.8) is 0 Å². The van der Waals surface area contributed by atoms with Crippen molar-refractivity contribution in [2.45, 2.75) is 45.6 Å². The van der Waals surface area contributed by atoms with Crippen LogP contribution in [0.4, 0.5) is 0 Å². The van der Waals surface area contributed by atoms with Gasteiger partial charge in [-0.15, -0.1) is 0 Å². The second-order valence-electron chi connectivity index (χ2n) is 5.40. The molecule has 0 bridgehead atoms. The first-order valence-electron chi connectivity index (χ1n) is 7.58. The van der Waals surface area contributed by atoms with Crippen LogP contribution in [-0.2, 0) is 14.3 Å². The molecule has 0 aromatic carbocycles. The van der Waals surface area contributed by atoms with E-state index in [4.69, 9.17) is 4.74 Å². The molecule has 1 N–H and O–H groups in total. The molecule has 0 spiro atoms. The molecule has 1 atom stereocenters. The topological polar surface area (TPSA) is 82.4 Å². The molecule has 6 nitrogen and oxygen atoms in total. The van der Waals surface area contributed by atoms with Gasteiger partial charge < -0.3 is 15.0 Å². The number of carbonyl (C=O) groups is 2. The Morgan fingerprint density at radius 1 is 1.38 bits per heavy atom. The third-order valence-corrected chi connectivity index (χ3v) is 3.92. The summed E-state index contributed by atoms with van der Waals surface area (Å²) in [7, 11) is 1.54. The molecule has 0 aromatic rings. The first-order chi connectivity index (χ1) is 10.1. The van der Waals surface area contributed by atoms with Crippen molar-refractivity contribution in [1.82, 2.24) is 10.2 Å². The van der Waals surface area contributed by atoms with Gasteiger partial charge in [0.15, 0.2) is 0 Å². The molecule has 21 heavy (non-hydrogen) atoms. The standard InChI is InChI=1S/C15H25N3O3/c1-4-6-15(11-16,7-5-2)14(20)18-8-9-21-10-12(18)13(19)17-3/h12H,4-10H2,1-3H3,(H,17,19). The van der Waals surface area contributed by atoms with E-state index in [1.54, 1.807) is 0 Å². The Morgan fingerprint density at radius 2 is 2.00 bits per heavy atom. The highest BCUT2D eigenvalue weighted by Gasteiger charge is 2.44. The van der Waals surface area contributed by atoms with Crippen molar-refractivity contribution < 1.29 is 14.3 Å². The molecule has 6 heteroatoms. The number of rotatable bonds is 6. The Labute approximate surface area is 126 Å². The van der Waals surface area contributed by atoms with E-state index < -0.39 is 11.5 Å². The molecule has 0 aromatic heterocycles. The van der Waals surface area contributed by atoms with Crippen LogP contribution in [0.1, 0.15) is 39.5 Å². The predicted molar refractivity (Wildman–Crippen MR) is 78.2 cm³/mol. The van der Waals surface area contributed by atoms with Crippen molar-refractivity contribution in [2.75, 3.05) is 26.8 Å². The molecule has 0 aliphatic carbocycles. The maximum atomic E-state index is 12.9. The minimum absolute atomic E-state index is 0.186. The summed E-state index contributed by atoms with van der Waals surface area (Å²) in [5.41, 5.74) is -1.02. The van der Waals surface area contributed by atoms with Crippen LogP contribution >= 0.6 is 0 Å². The first-order valence-corrected chi connectivity index (χ1v) is 7.58. The molecule has 1 rings (SSSR count). The third kappa shape index (κ3) is 3.73. The van der Waals surface area contributed by atoms with E-state index in [2.05, 4.69) is 11.4 Å². The summed E-state index contributed by atoms with van der Waals surface area (Å²) < 4.78 is 5.31. The van der Waals surface area contributed by atoms with Crippen molar-refractivity contribution in [1.29, 1.82) is 5.26 Å². The minimum Gasteiger partial charge on any atom is -0.377 e. The monoisotopic (exact) mass is 295 g/mol. The maximum Gasteiger partial charge on any atom is 0.244 e. The number of ether oxygens (including phenoxy) is 1. The number of hydrogen-bond donors (Lipinski definition) is 1. The van der Waals surface area contributed by atoms with E-state index in [0.29, 0.717) is 26.0 Å². The Morgan fingerprint density at radius 3 is 2.48 bits per heavy atom. The van der Waals surface area contributed by atoms with Gasteiger partial charge in [0.05, 0.1) is 19.3 Å². The van der Waals surface area contributed by atoms with E-state index in [-0.39, 0.29) is 18.4 Å². The smallest absolute Gasteiger partial charge is 0.244 e. The van der Waals surface area contributed by atoms with Crippen LogP contribution in [-0.4, -0.2) is 49.6 Å². The molecule has 1 unspecified atom stereocenters. The quantitative estimate of drug-likeness (QED) is 0.794. The third-order valence-electron chi connectivity index (χ3n) is 3.92. The largest absolute Gasteiger partial charge is 0.377 e. The Balaban J connectivity index is 3.05. The fourth-order valence-electron chi connectivity index (χ4n) is 2.86. The highest BCUT2D eigenvalue weighted by atomic mass is 16.5. The van der Waals surface area contributed by atoms with Crippen molar-refractivity contribution >= 4 is 11.8 Å². The highest BCUT2D eigenvalue weighted by Crippen LogP contribution is 2.32. The molecule has 0 saturated carbocycles. The van der Waals surface area contributed by atoms with Crippen LogP contribution in [0.2, 0.25) is 0 Å². The van der Waals surface area contributed by atoms with Crippen molar-refractivity contribution in [3.05, 3.63) is 0 Å². The second kappa shape index (κ2) is 7.99. The number of nitriles is 1. The maximum absolute atomic E-state index is 12.9. The lowest BCUT2D eigenvalue weighted by Gasteiger charge is -2.39. The number of hydrogen-bond acceptors (Lipinski definition) is 4. The Kier molecular flexibility index (Phi) is 6.63. The molecule has 118 valence electrons. The average Bonchev–Trinajstić information content (AvgIpc) is 2.53. The molecule has 1 aliphatic heterocycles. The SMILES string of the molecule is CCCC(C#N)(CCC)C(=O)N1CCOCC1C(=O)NC. The van der Waals surface area contributed by atoms with Crippen LogP contribution in [0, 0.1) is 16.7 Å². The summed E-state index contributed by atoms with van der Waals surface area (Å²) in [5, 5.41) is 12.1. The second-order valence-corrected chi connectivity index (χ2v) is 5.40. The van der Waals surface area contributed by atoms with Gasteiger partial charge in [0, 0.05) is 13.6 Å². The zero-order valence-corrected chi connectivity index (χ0v) is 13.1. The predicted octanol–water partition coefficient (Wildman–Crippen LogP) is 1.07. The van der Waals surface area contributed by atoms with E-state index in [0.717, 1.165) is 12.8 Å². The van der Waals surface area contributed by atoms with Crippen molar-refractivity contribution in [3.8, 4) is 6.07 Å². The Hall–Kier alpha value is -1.61. The lowest BCUT2D eigenvalue weighted by molar-refractivity contribution is -0.154. The molecule has 1 aliphatic rings. The number of likely N-dealkylation sites (N-methyl/N-ethyl adjacent to an activating group) is 1. The summed E-state index contributed by atoms with van der Waals surface area (Å²) >= 11 is 0. The van der Waals surface area contributed by atoms with Crippen LogP contribution in [0.15, 0.2) is 0 Å². The zero-order valence-electron chi connectivity index (χ0n) is 13.1. The summed E-state index contributed by atoms with van der Waals surface area (Å²) in [4.78, 5) is 26.4. The molecular formula is C15H25N3O3. The van der Waals surface area contributed by atoms with Gasteiger partial charge in [-0.3, -0.25) is 9.59 Å². The van der Waals surface area contributed by atoms with Gasteiger partial charge >= 0.3 is 0 Å². The zero-order chi connectivity index (χ0) is 15.9. The van der Waals surface area contributed by atoms with E-state index in [1.165, 1.54) is 11.9 Å². The molecule has 2 amide bonds.